The fourth-order valence-corrected chi connectivity index (χ4v) is 2.62. The smallest absolute Gasteiger partial charge is 0.211 e. The van der Waals surface area contributed by atoms with Crippen molar-refractivity contribution in [1.82, 2.24) is 4.31 Å². The molecule has 1 heterocycles. The molecule has 5 heteroatoms. The van der Waals surface area contributed by atoms with Gasteiger partial charge in [-0.2, -0.15) is 4.31 Å². The van der Waals surface area contributed by atoms with Crippen LogP contribution in [0.4, 0.5) is 0 Å². The summed E-state index contributed by atoms with van der Waals surface area (Å²) in [7, 11) is -3.13. The molecule has 88 valence electrons. The Bertz CT molecular complexity index is 508. The van der Waals surface area contributed by atoms with E-state index in [2.05, 4.69) is 0 Å². The predicted molar refractivity (Wildman–Crippen MR) is 61.2 cm³/mol. The number of hydrogen-bond acceptors (Lipinski definition) is 3. The van der Waals surface area contributed by atoms with Crippen LogP contribution in [0.3, 0.4) is 0 Å². The number of nitrogens with zero attached hydrogens (tertiary/aromatic N) is 1. The SMILES string of the molecule is CC(O)c1ccc2c(c1)CN(S(C)(=O)=O)C2. The second-order valence-corrected chi connectivity index (χ2v) is 6.22. The Balaban J connectivity index is 2.32. The van der Waals surface area contributed by atoms with Crippen LogP contribution in [-0.2, 0) is 23.1 Å². The van der Waals surface area contributed by atoms with Crippen LogP contribution in [0.5, 0.6) is 0 Å². The summed E-state index contributed by atoms with van der Waals surface area (Å²) in [6, 6.07) is 5.61. The van der Waals surface area contributed by atoms with Gasteiger partial charge < -0.3 is 5.11 Å². The molecule has 1 N–H and O–H groups in total. The average Bonchev–Trinajstić information content (AvgIpc) is 2.58. The van der Waals surface area contributed by atoms with Crippen molar-refractivity contribution in [3.05, 3.63) is 34.9 Å². The standard InChI is InChI=1S/C11H15NO3S/c1-8(13)9-3-4-10-6-12(16(2,14)15)7-11(10)5-9/h3-5,8,13H,6-7H2,1-2H3. The van der Waals surface area contributed by atoms with E-state index in [0.29, 0.717) is 13.1 Å². The quantitative estimate of drug-likeness (QED) is 0.841. The third-order valence-electron chi connectivity index (χ3n) is 2.88. The van der Waals surface area contributed by atoms with E-state index in [-0.39, 0.29) is 0 Å². The molecule has 0 radical (unpaired) electrons. The van der Waals surface area contributed by atoms with Crippen LogP contribution in [0.25, 0.3) is 0 Å². The van der Waals surface area contributed by atoms with E-state index in [1.165, 1.54) is 10.6 Å². The lowest BCUT2D eigenvalue weighted by molar-refractivity contribution is 0.199. The third-order valence-corrected chi connectivity index (χ3v) is 4.07. The number of aliphatic hydroxyl groups is 1. The lowest BCUT2D eigenvalue weighted by Crippen LogP contribution is -2.23. The van der Waals surface area contributed by atoms with Gasteiger partial charge in [0, 0.05) is 13.1 Å². The van der Waals surface area contributed by atoms with Crippen molar-refractivity contribution in [2.75, 3.05) is 6.26 Å². The van der Waals surface area contributed by atoms with Crippen molar-refractivity contribution in [2.45, 2.75) is 26.1 Å². The number of benzene rings is 1. The molecule has 4 nitrogen and oxygen atoms in total. The normalized spacial score (nSPS) is 18.4. The Morgan fingerprint density at radius 2 is 1.94 bits per heavy atom. The fraction of sp³-hybridized carbons (Fsp3) is 0.455. The van der Waals surface area contributed by atoms with Gasteiger partial charge in [-0.25, -0.2) is 8.42 Å². The minimum absolute atomic E-state index is 0.411. The van der Waals surface area contributed by atoms with Crippen molar-refractivity contribution in [2.24, 2.45) is 0 Å². The van der Waals surface area contributed by atoms with E-state index >= 15 is 0 Å². The fourth-order valence-electron chi connectivity index (χ4n) is 1.88. The molecule has 0 amide bonds. The highest BCUT2D eigenvalue weighted by Crippen LogP contribution is 2.27. The van der Waals surface area contributed by atoms with Gasteiger partial charge in [0.25, 0.3) is 0 Å². The van der Waals surface area contributed by atoms with Gasteiger partial charge in [-0.1, -0.05) is 18.2 Å². The predicted octanol–water partition coefficient (Wildman–Crippen LogP) is 1.02. The van der Waals surface area contributed by atoms with Gasteiger partial charge in [0.2, 0.25) is 10.0 Å². The largest absolute Gasteiger partial charge is 0.389 e. The molecule has 1 aliphatic rings. The molecular formula is C11H15NO3S. The summed E-state index contributed by atoms with van der Waals surface area (Å²) in [5.41, 5.74) is 2.84. The van der Waals surface area contributed by atoms with Crippen LogP contribution in [-0.4, -0.2) is 24.1 Å². The molecule has 1 aromatic carbocycles. The number of sulfonamides is 1. The van der Waals surface area contributed by atoms with E-state index in [0.717, 1.165) is 16.7 Å². The summed E-state index contributed by atoms with van der Waals surface area (Å²) in [5.74, 6) is 0. The molecule has 1 aliphatic heterocycles. The number of fused-ring (bicyclic) bond motifs is 1. The second-order valence-electron chi connectivity index (χ2n) is 4.24. The van der Waals surface area contributed by atoms with Gasteiger partial charge >= 0.3 is 0 Å². The minimum atomic E-state index is -3.13. The summed E-state index contributed by atoms with van der Waals surface area (Å²) in [6.45, 7) is 2.55. The van der Waals surface area contributed by atoms with Gasteiger partial charge in [0.15, 0.2) is 0 Å². The number of rotatable bonds is 2. The van der Waals surface area contributed by atoms with E-state index < -0.39 is 16.1 Å². The minimum Gasteiger partial charge on any atom is -0.389 e. The monoisotopic (exact) mass is 241 g/mol. The van der Waals surface area contributed by atoms with Crippen LogP contribution < -0.4 is 0 Å². The molecule has 2 rings (SSSR count). The number of hydrogen-bond donors (Lipinski definition) is 1. The summed E-state index contributed by atoms with van der Waals surface area (Å²) < 4.78 is 24.2. The Labute approximate surface area is 95.6 Å². The van der Waals surface area contributed by atoms with Gasteiger partial charge in [-0.3, -0.25) is 0 Å². The summed E-state index contributed by atoms with van der Waals surface area (Å²) in [5, 5.41) is 9.45. The summed E-state index contributed by atoms with van der Waals surface area (Å²) in [6.07, 6.45) is 0.701. The highest BCUT2D eigenvalue weighted by atomic mass is 32.2. The van der Waals surface area contributed by atoms with Crippen LogP contribution in [0.1, 0.15) is 29.7 Å². The Morgan fingerprint density at radius 1 is 1.31 bits per heavy atom. The molecule has 1 unspecified atom stereocenters. The zero-order valence-electron chi connectivity index (χ0n) is 9.34. The van der Waals surface area contributed by atoms with Crippen molar-refractivity contribution in [3.63, 3.8) is 0 Å². The maximum absolute atomic E-state index is 11.4. The van der Waals surface area contributed by atoms with Crippen LogP contribution >= 0.6 is 0 Å². The van der Waals surface area contributed by atoms with Crippen molar-refractivity contribution in [3.8, 4) is 0 Å². The molecule has 0 aromatic heterocycles. The van der Waals surface area contributed by atoms with Crippen LogP contribution in [0.2, 0.25) is 0 Å². The molecule has 0 aliphatic carbocycles. The maximum atomic E-state index is 11.4. The molecule has 1 aromatic rings. The van der Waals surface area contributed by atoms with Crippen LogP contribution in [0, 0.1) is 0 Å². The molecule has 0 saturated carbocycles. The average molecular weight is 241 g/mol. The van der Waals surface area contributed by atoms with E-state index in [4.69, 9.17) is 0 Å². The molecule has 0 saturated heterocycles. The van der Waals surface area contributed by atoms with E-state index in [9.17, 15) is 13.5 Å². The molecule has 0 spiro atoms. The van der Waals surface area contributed by atoms with E-state index in [1.807, 2.05) is 18.2 Å². The topological polar surface area (TPSA) is 57.6 Å². The van der Waals surface area contributed by atoms with E-state index in [1.54, 1.807) is 6.92 Å². The lowest BCUT2D eigenvalue weighted by atomic mass is 10.0. The first-order chi connectivity index (χ1) is 7.38. The first-order valence-corrected chi connectivity index (χ1v) is 6.97. The van der Waals surface area contributed by atoms with Crippen molar-refractivity contribution in [1.29, 1.82) is 0 Å². The zero-order valence-corrected chi connectivity index (χ0v) is 10.2. The Kier molecular flexibility index (Phi) is 2.77. The van der Waals surface area contributed by atoms with Gasteiger partial charge in [0.05, 0.1) is 12.4 Å². The highest BCUT2D eigenvalue weighted by molar-refractivity contribution is 7.88. The van der Waals surface area contributed by atoms with Gasteiger partial charge in [0.1, 0.15) is 0 Å². The Hall–Kier alpha value is -0.910. The van der Waals surface area contributed by atoms with Gasteiger partial charge in [-0.05, 0) is 23.6 Å². The zero-order chi connectivity index (χ0) is 11.9. The maximum Gasteiger partial charge on any atom is 0.211 e. The number of aliphatic hydroxyl groups excluding tert-OH is 1. The molecule has 0 bridgehead atoms. The summed E-state index contributed by atoms with van der Waals surface area (Å²) >= 11 is 0. The highest BCUT2D eigenvalue weighted by Gasteiger charge is 2.25. The molecule has 0 fully saturated rings. The van der Waals surface area contributed by atoms with Crippen molar-refractivity contribution < 1.29 is 13.5 Å². The second kappa shape index (κ2) is 3.84. The molecular weight excluding hydrogens is 226 g/mol. The Morgan fingerprint density at radius 3 is 2.50 bits per heavy atom. The lowest BCUT2D eigenvalue weighted by Gasteiger charge is -2.10. The molecule has 1 atom stereocenters. The van der Waals surface area contributed by atoms with Crippen LogP contribution in [0.15, 0.2) is 18.2 Å². The van der Waals surface area contributed by atoms with Crippen molar-refractivity contribution >= 4 is 10.0 Å². The first-order valence-electron chi connectivity index (χ1n) is 5.13. The van der Waals surface area contributed by atoms with Gasteiger partial charge in [-0.15, -0.1) is 0 Å². The first kappa shape index (κ1) is 11.6. The molecule has 16 heavy (non-hydrogen) atoms. The third kappa shape index (κ3) is 2.11. The summed E-state index contributed by atoms with van der Waals surface area (Å²) in [4.78, 5) is 0.